The fraction of sp³-hybridized carbons (Fsp3) is 0.857. The molecule has 58 valence electrons. The van der Waals surface area contributed by atoms with E-state index in [0.717, 1.165) is 18.8 Å². The third kappa shape index (κ3) is 1.29. The Bertz CT molecular complexity index is 149. The molecule has 1 aliphatic rings. The van der Waals surface area contributed by atoms with Crippen molar-refractivity contribution in [2.24, 2.45) is 5.16 Å². The maximum absolute atomic E-state index is 8.33. The van der Waals surface area contributed by atoms with Gasteiger partial charge < -0.3 is 5.21 Å². The summed E-state index contributed by atoms with van der Waals surface area (Å²) in [5.74, 6) is 0. The van der Waals surface area contributed by atoms with E-state index in [1.165, 1.54) is 0 Å². The molecule has 1 fully saturated rings. The average molecular weight is 142 g/mol. The van der Waals surface area contributed by atoms with Crippen molar-refractivity contribution in [3.05, 3.63) is 0 Å². The van der Waals surface area contributed by atoms with Gasteiger partial charge in [0.05, 0.1) is 5.71 Å². The number of hydrogen-bond acceptors (Lipinski definition) is 3. The van der Waals surface area contributed by atoms with Crippen molar-refractivity contribution in [2.45, 2.75) is 26.3 Å². The van der Waals surface area contributed by atoms with E-state index in [1.54, 1.807) is 0 Å². The van der Waals surface area contributed by atoms with Crippen LogP contribution in [0.1, 0.15) is 20.8 Å². The van der Waals surface area contributed by atoms with E-state index in [4.69, 9.17) is 5.21 Å². The molecule has 1 saturated heterocycles. The zero-order valence-electron chi connectivity index (χ0n) is 6.76. The Kier molecular flexibility index (Phi) is 1.68. The lowest BCUT2D eigenvalue weighted by atomic mass is 10.00. The fourth-order valence-corrected chi connectivity index (χ4v) is 0.932. The smallest absolute Gasteiger partial charge is 0.0851 e. The topological polar surface area (TPSA) is 35.8 Å². The Balaban J connectivity index is 2.40. The van der Waals surface area contributed by atoms with Gasteiger partial charge in [-0.3, -0.25) is 4.90 Å². The lowest BCUT2D eigenvalue weighted by Crippen LogP contribution is -2.56. The monoisotopic (exact) mass is 142 g/mol. The maximum atomic E-state index is 8.33. The van der Waals surface area contributed by atoms with Crippen molar-refractivity contribution in [2.75, 3.05) is 13.1 Å². The van der Waals surface area contributed by atoms with Crippen molar-refractivity contribution in [3.63, 3.8) is 0 Å². The molecule has 0 atom stereocenters. The lowest BCUT2D eigenvalue weighted by molar-refractivity contribution is 0.145. The largest absolute Gasteiger partial charge is 0.411 e. The highest BCUT2D eigenvalue weighted by atomic mass is 16.4. The van der Waals surface area contributed by atoms with Gasteiger partial charge in [0.15, 0.2) is 0 Å². The van der Waals surface area contributed by atoms with Gasteiger partial charge in [0.2, 0.25) is 0 Å². The summed E-state index contributed by atoms with van der Waals surface area (Å²) < 4.78 is 0. The molecule has 3 heteroatoms. The summed E-state index contributed by atoms with van der Waals surface area (Å²) in [7, 11) is 0. The van der Waals surface area contributed by atoms with Crippen LogP contribution >= 0.6 is 0 Å². The first-order chi connectivity index (χ1) is 4.54. The minimum atomic E-state index is 0.216. The quantitative estimate of drug-likeness (QED) is 0.403. The molecule has 0 saturated carbocycles. The van der Waals surface area contributed by atoms with Gasteiger partial charge in [-0.1, -0.05) is 5.16 Å². The molecule has 0 unspecified atom stereocenters. The summed E-state index contributed by atoms with van der Waals surface area (Å²) in [6, 6.07) is 0. The molecule has 1 rings (SSSR count). The molecule has 1 aliphatic heterocycles. The van der Waals surface area contributed by atoms with Crippen LogP contribution in [0, 0.1) is 0 Å². The van der Waals surface area contributed by atoms with Crippen molar-refractivity contribution in [1.29, 1.82) is 0 Å². The van der Waals surface area contributed by atoms with E-state index >= 15 is 0 Å². The molecule has 0 aromatic heterocycles. The van der Waals surface area contributed by atoms with E-state index in [1.807, 2.05) is 0 Å². The van der Waals surface area contributed by atoms with Crippen LogP contribution in [0.25, 0.3) is 0 Å². The third-order valence-corrected chi connectivity index (χ3v) is 1.84. The van der Waals surface area contributed by atoms with Crippen molar-refractivity contribution < 1.29 is 5.21 Å². The summed E-state index contributed by atoms with van der Waals surface area (Å²) in [5, 5.41) is 11.5. The molecule has 0 bridgehead atoms. The van der Waals surface area contributed by atoms with Gasteiger partial charge >= 0.3 is 0 Å². The predicted molar refractivity (Wildman–Crippen MR) is 40.5 cm³/mol. The number of nitrogens with zero attached hydrogens (tertiary/aromatic N) is 2. The van der Waals surface area contributed by atoms with Gasteiger partial charge in [-0.15, -0.1) is 0 Å². The molecule has 0 aliphatic carbocycles. The van der Waals surface area contributed by atoms with Crippen LogP contribution in [0.3, 0.4) is 0 Å². The highest BCUT2D eigenvalue weighted by Crippen LogP contribution is 2.18. The highest BCUT2D eigenvalue weighted by molar-refractivity contribution is 5.92. The second-order valence-corrected chi connectivity index (χ2v) is 3.69. The van der Waals surface area contributed by atoms with Gasteiger partial charge in [-0.05, 0) is 20.8 Å². The molecule has 0 radical (unpaired) electrons. The Labute approximate surface area is 61.3 Å². The van der Waals surface area contributed by atoms with E-state index in [-0.39, 0.29) is 5.54 Å². The molecule has 0 spiro atoms. The van der Waals surface area contributed by atoms with Crippen LogP contribution in [0.5, 0.6) is 0 Å². The van der Waals surface area contributed by atoms with Crippen LogP contribution in [-0.2, 0) is 0 Å². The lowest BCUT2D eigenvalue weighted by Gasteiger charge is -2.42. The number of oxime groups is 1. The van der Waals surface area contributed by atoms with Crippen molar-refractivity contribution in [1.82, 2.24) is 4.90 Å². The Morgan fingerprint density at radius 1 is 1.40 bits per heavy atom. The molecular formula is C7H14N2O. The minimum absolute atomic E-state index is 0.216. The fourth-order valence-electron chi connectivity index (χ4n) is 0.932. The molecule has 1 heterocycles. The van der Waals surface area contributed by atoms with E-state index < -0.39 is 0 Å². The van der Waals surface area contributed by atoms with Crippen molar-refractivity contribution in [3.8, 4) is 0 Å². The Hall–Kier alpha value is -0.570. The number of rotatable bonds is 0. The maximum Gasteiger partial charge on any atom is 0.0851 e. The standard InChI is InChI=1S/C7H14N2O/c1-7(2,3)9-4-6(5-9)8-10/h10H,4-5H2,1-3H3. The third-order valence-electron chi connectivity index (χ3n) is 1.84. The SMILES string of the molecule is CC(C)(C)N1CC(=NO)C1. The molecule has 3 nitrogen and oxygen atoms in total. The number of likely N-dealkylation sites (tertiary alicyclic amines) is 1. The van der Waals surface area contributed by atoms with Crippen molar-refractivity contribution >= 4 is 5.71 Å². The first kappa shape index (κ1) is 7.54. The zero-order valence-corrected chi connectivity index (χ0v) is 6.76. The summed E-state index contributed by atoms with van der Waals surface area (Å²) in [4.78, 5) is 2.25. The van der Waals surface area contributed by atoms with E-state index in [2.05, 4.69) is 30.8 Å². The predicted octanol–water partition coefficient (Wildman–Crippen LogP) is 0.931. The van der Waals surface area contributed by atoms with Crippen LogP contribution in [-0.4, -0.2) is 34.4 Å². The average Bonchev–Trinajstić information content (AvgIpc) is 1.57. The molecule has 0 aromatic rings. The Morgan fingerprint density at radius 2 is 1.90 bits per heavy atom. The second-order valence-electron chi connectivity index (χ2n) is 3.69. The summed E-state index contributed by atoms with van der Waals surface area (Å²) in [6.45, 7) is 8.10. The van der Waals surface area contributed by atoms with E-state index in [9.17, 15) is 0 Å². The summed E-state index contributed by atoms with van der Waals surface area (Å²) in [5.41, 5.74) is 1.10. The molecule has 0 aromatic carbocycles. The van der Waals surface area contributed by atoms with Gasteiger partial charge in [0, 0.05) is 18.6 Å². The van der Waals surface area contributed by atoms with Crippen LogP contribution in [0.2, 0.25) is 0 Å². The van der Waals surface area contributed by atoms with Crippen LogP contribution in [0.4, 0.5) is 0 Å². The van der Waals surface area contributed by atoms with Gasteiger partial charge in [0.1, 0.15) is 0 Å². The van der Waals surface area contributed by atoms with Crippen LogP contribution in [0.15, 0.2) is 5.16 Å². The first-order valence-corrected chi connectivity index (χ1v) is 3.49. The van der Waals surface area contributed by atoms with Crippen LogP contribution < -0.4 is 0 Å². The van der Waals surface area contributed by atoms with E-state index in [0.29, 0.717) is 0 Å². The summed E-state index contributed by atoms with van der Waals surface area (Å²) >= 11 is 0. The highest BCUT2D eigenvalue weighted by Gasteiger charge is 2.31. The molecular weight excluding hydrogens is 128 g/mol. The molecule has 0 amide bonds. The van der Waals surface area contributed by atoms with Gasteiger partial charge in [-0.2, -0.15) is 0 Å². The second kappa shape index (κ2) is 2.23. The first-order valence-electron chi connectivity index (χ1n) is 3.49. The minimum Gasteiger partial charge on any atom is -0.411 e. The molecule has 10 heavy (non-hydrogen) atoms. The molecule has 1 N–H and O–H groups in total. The van der Waals surface area contributed by atoms with Gasteiger partial charge in [0.25, 0.3) is 0 Å². The Morgan fingerprint density at radius 3 is 2.20 bits per heavy atom. The normalized spacial score (nSPS) is 20.5. The zero-order chi connectivity index (χ0) is 7.78. The number of hydrogen-bond donors (Lipinski definition) is 1. The van der Waals surface area contributed by atoms with Gasteiger partial charge in [-0.25, -0.2) is 0 Å². The summed E-state index contributed by atoms with van der Waals surface area (Å²) in [6.07, 6.45) is 0.